The van der Waals surface area contributed by atoms with Crippen LogP contribution in [0.2, 0.25) is 0 Å². The minimum absolute atomic E-state index is 0.0152. The molecule has 0 aliphatic heterocycles. The number of amides is 1. The molecule has 8 nitrogen and oxygen atoms in total. The van der Waals surface area contributed by atoms with Crippen LogP contribution in [0.1, 0.15) is 142 Å². The maximum absolute atomic E-state index is 12.7. The van der Waals surface area contributed by atoms with Crippen LogP contribution < -0.4 is 10.2 Å². The molecule has 0 aliphatic rings. The van der Waals surface area contributed by atoms with E-state index in [1.165, 1.54) is 0 Å². The summed E-state index contributed by atoms with van der Waals surface area (Å²) in [6, 6.07) is -0.903. The smallest absolute Gasteiger partial charge is 0.268 e. The Balaban J connectivity index is 3.97. The molecule has 0 heterocycles. The van der Waals surface area contributed by atoms with Crippen molar-refractivity contribution in [3.05, 3.63) is 146 Å². The first-order chi connectivity index (χ1) is 31.0. The standard InChI is InChI=1S/C55H89N2O6P/c1-6-8-10-11-12-13-14-15-16-17-18-19-20-21-22-23-24-25-26-27-28-29-30-31-32-33-34-35-36-37-38-39-40-41-42-43-44-45-47-49-55(59)56-53(54(58)48-46-9-7-2)52-63-64(60,61)62-51-50-57(3,4)5/h8,10,12-13,15-16,18-19,21-22,24-25,27-28,30-31,33-34,36-37,39-40,46,48,53-54,58H,6-7,9,11,14,17,20,23,26,29,32,35,38,41-45,47,49-52H2,1-5H3,(H-,56,59,60,61)/b10-8-,13-12-,16-15-,19-18-,22-21-,25-24-,28-27-,31-30-,34-33-,37-36-,40-39-,48-46+. The largest absolute Gasteiger partial charge is 0.756 e. The Hall–Kier alpha value is -3.62. The summed E-state index contributed by atoms with van der Waals surface area (Å²) in [4.78, 5) is 25.0. The van der Waals surface area contributed by atoms with Gasteiger partial charge in [0.05, 0.1) is 39.9 Å². The molecule has 3 unspecified atom stereocenters. The first-order valence-electron chi connectivity index (χ1n) is 24.2. The normalized spacial score (nSPS) is 15.4. The lowest BCUT2D eigenvalue weighted by Crippen LogP contribution is -2.45. The van der Waals surface area contributed by atoms with Crippen LogP contribution in [-0.2, 0) is 18.4 Å². The molecular weight excluding hydrogens is 816 g/mol. The van der Waals surface area contributed by atoms with Crippen molar-refractivity contribution in [2.45, 2.75) is 154 Å². The van der Waals surface area contributed by atoms with Gasteiger partial charge in [-0.25, -0.2) is 0 Å². The van der Waals surface area contributed by atoms with Gasteiger partial charge in [-0.2, -0.15) is 0 Å². The fourth-order valence-corrected chi connectivity index (χ4v) is 6.47. The lowest BCUT2D eigenvalue weighted by Gasteiger charge is -2.29. The van der Waals surface area contributed by atoms with Crippen molar-refractivity contribution in [1.29, 1.82) is 0 Å². The number of phosphoric ester groups is 1. The van der Waals surface area contributed by atoms with E-state index in [0.29, 0.717) is 17.4 Å². The number of aliphatic hydroxyl groups excluding tert-OH is 1. The van der Waals surface area contributed by atoms with Gasteiger partial charge in [0.25, 0.3) is 7.82 Å². The van der Waals surface area contributed by atoms with E-state index >= 15 is 0 Å². The van der Waals surface area contributed by atoms with Gasteiger partial charge >= 0.3 is 0 Å². The summed E-state index contributed by atoms with van der Waals surface area (Å²) in [7, 11) is 1.21. The molecule has 3 atom stereocenters. The number of aliphatic hydroxyl groups is 1. The number of carbonyl (C=O) groups is 1. The van der Waals surface area contributed by atoms with E-state index in [2.05, 4.69) is 146 Å². The Morgan fingerprint density at radius 2 is 0.953 bits per heavy atom. The number of carbonyl (C=O) groups excluding carboxylic acids is 1. The second kappa shape index (κ2) is 44.6. The number of phosphoric acid groups is 1. The molecule has 0 aromatic heterocycles. The number of likely N-dealkylation sites (N-methyl/N-ethyl adjacent to an activating group) is 1. The zero-order chi connectivity index (χ0) is 47.1. The van der Waals surface area contributed by atoms with Crippen molar-refractivity contribution >= 4 is 13.7 Å². The third-order valence-electron chi connectivity index (χ3n) is 9.54. The number of hydrogen-bond acceptors (Lipinski definition) is 6. The molecule has 1 amide bonds. The Labute approximate surface area is 391 Å². The zero-order valence-corrected chi connectivity index (χ0v) is 41.6. The summed E-state index contributed by atoms with van der Waals surface area (Å²) in [5.74, 6) is -0.237. The molecule has 0 rings (SSSR count). The van der Waals surface area contributed by atoms with E-state index < -0.39 is 26.6 Å². The second-order valence-corrected chi connectivity index (χ2v) is 18.1. The molecule has 0 fully saturated rings. The molecule has 0 spiro atoms. The molecule has 0 saturated heterocycles. The third-order valence-corrected chi connectivity index (χ3v) is 10.5. The molecule has 0 saturated carbocycles. The van der Waals surface area contributed by atoms with Crippen LogP contribution in [-0.4, -0.2) is 68.5 Å². The molecule has 0 aromatic carbocycles. The first-order valence-corrected chi connectivity index (χ1v) is 25.7. The summed E-state index contributed by atoms with van der Waals surface area (Å²) in [5, 5.41) is 13.4. The Kier molecular flexibility index (Phi) is 42.1. The molecule has 0 aliphatic carbocycles. The van der Waals surface area contributed by atoms with Gasteiger partial charge in [0.15, 0.2) is 0 Å². The van der Waals surface area contributed by atoms with Crippen molar-refractivity contribution < 1.29 is 32.9 Å². The van der Waals surface area contributed by atoms with Gasteiger partial charge in [-0.05, 0) is 96.3 Å². The number of unbranched alkanes of at least 4 members (excludes halogenated alkanes) is 6. The van der Waals surface area contributed by atoms with Gasteiger partial charge in [-0.3, -0.25) is 9.36 Å². The van der Waals surface area contributed by atoms with Crippen LogP contribution in [0.3, 0.4) is 0 Å². The molecule has 360 valence electrons. The van der Waals surface area contributed by atoms with Crippen molar-refractivity contribution in [2.24, 2.45) is 0 Å². The predicted octanol–water partition coefficient (Wildman–Crippen LogP) is 13.6. The summed E-state index contributed by atoms with van der Waals surface area (Å²) in [6.07, 6.45) is 70.1. The van der Waals surface area contributed by atoms with E-state index in [1.807, 2.05) is 34.1 Å². The zero-order valence-electron chi connectivity index (χ0n) is 40.7. The van der Waals surface area contributed by atoms with Crippen molar-refractivity contribution in [3.63, 3.8) is 0 Å². The highest BCUT2D eigenvalue weighted by molar-refractivity contribution is 7.45. The summed E-state index contributed by atoms with van der Waals surface area (Å²) < 4.78 is 22.8. The van der Waals surface area contributed by atoms with Crippen molar-refractivity contribution in [3.8, 4) is 0 Å². The lowest BCUT2D eigenvalue weighted by atomic mass is 10.1. The molecule has 0 aromatic rings. The van der Waals surface area contributed by atoms with Gasteiger partial charge in [-0.15, -0.1) is 0 Å². The lowest BCUT2D eigenvalue weighted by molar-refractivity contribution is -0.870. The topological polar surface area (TPSA) is 108 Å². The van der Waals surface area contributed by atoms with E-state index in [9.17, 15) is 19.4 Å². The van der Waals surface area contributed by atoms with Crippen LogP contribution in [0.4, 0.5) is 0 Å². The van der Waals surface area contributed by atoms with Crippen molar-refractivity contribution in [1.82, 2.24) is 5.32 Å². The van der Waals surface area contributed by atoms with Crippen LogP contribution in [0, 0.1) is 0 Å². The van der Waals surface area contributed by atoms with Gasteiger partial charge in [0.2, 0.25) is 5.91 Å². The van der Waals surface area contributed by atoms with E-state index in [1.54, 1.807) is 6.08 Å². The van der Waals surface area contributed by atoms with Gasteiger partial charge in [-0.1, -0.05) is 185 Å². The van der Waals surface area contributed by atoms with E-state index in [0.717, 1.165) is 122 Å². The molecular formula is C55H89N2O6P. The minimum Gasteiger partial charge on any atom is -0.756 e. The maximum Gasteiger partial charge on any atom is 0.268 e. The average Bonchev–Trinajstić information content (AvgIpc) is 3.25. The summed E-state index contributed by atoms with van der Waals surface area (Å²) >= 11 is 0. The van der Waals surface area contributed by atoms with Gasteiger partial charge in [0.1, 0.15) is 13.2 Å². The number of hydrogen-bond donors (Lipinski definition) is 2. The molecule has 0 bridgehead atoms. The highest BCUT2D eigenvalue weighted by atomic mass is 31.2. The highest BCUT2D eigenvalue weighted by Crippen LogP contribution is 2.38. The minimum atomic E-state index is -4.58. The van der Waals surface area contributed by atoms with E-state index in [4.69, 9.17) is 9.05 Å². The van der Waals surface area contributed by atoms with Crippen molar-refractivity contribution in [2.75, 3.05) is 40.9 Å². The molecule has 0 radical (unpaired) electrons. The predicted molar refractivity (Wildman–Crippen MR) is 274 cm³/mol. The van der Waals surface area contributed by atoms with Gasteiger partial charge in [0, 0.05) is 6.42 Å². The number of rotatable bonds is 41. The highest BCUT2D eigenvalue weighted by Gasteiger charge is 2.23. The fraction of sp³-hybridized carbons (Fsp3) is 0.545. The monoisotopic (exact) mass is 905 g/mol. The molecule has 9 heteroatoms. The van der Waals surface area contributed by atoms with Gasteiger partial charge < -0.3 is 28.8 Å². The Morgan fingerprint density at radius 3 is 1.36 bits per heavy atom. The number of quaternary nitrogens is 1. The summed E-state index contributed by atoms with van der Waals surface area (Å²) in [6.45, 7) is 4.25. The molecule has 2 N–H and O–H groups in total. The number of allylic oxidation sites excluding steroid dienone is 23. The number of nitrogens with zero attached hydrogens (tertiary/aromatic N) is 1. The number of nitrogens with one attached hydrogen (secondary N) is 1. The molecule has 64 heavy (non-hydrogen) atoms. The quantitative estimate of drug-likeness (QED) is 0.0274. The van der Waals surface area contributed by atoms with E-state index in [-0.39, 0.29) is 12.5 Å². The fourth-order valence-electron chi connectivity index (χ4n) is 5.75. The summed E-state index contributed by atoms with van der Waals surface area (Å²) in [5.41, 5.74) is 0. The first kappa shape index (κ1) is 60.4. The Bertz CT molecular complexity index is 1540. The van der Waals surface area contributed by atoms with Crippen LogP contribution >= 0.6 is 7.82 Å². The van der Waals surface area contributed by atoms with Crippen LogP contribution in [0.15, 0.2) is 146 Å². The maximum atomic E-state index is 12.7. The Morgan fingerprint density at radius 1 is 0.562 bits per heavy atom. The van der Waals surface area contributed by atoms with Crippen LogP contribution in [0.25, 0.3) is 0 Å². The second-order valence-electron chi connectivity index (χ2n) is 16.7. The SMILES string of the molecule is CC/C=C\C/C=C\C/C=C\C/C=C\C/C=C\C/C=C\C/C=C\C/C=C\C/C=C\C/C=C\C/C=C\CCCCCCCC(=O)NC(COP(=O)([O-])OCC[N+](C)(C)C)C(O)/C=C/CCC. The average molecular weight is 905 g/mol. The third kappa shape index (κ3) is 46.4. The van der Waals surface area contributed by atoms with Crippen LogP contribution in [0.5, 0.6) is 0 Å².